The van der Waals surface area contributed by atoms with Gasteiger partial charge >= 0.3 is 0 Å². The van der Waals surface area contributed by atoms with Gasteiger partial charge in [-0.2, -0.15) is 5.10 Å². The molecule has 0 fully saturated rings. The molecule has 120 valence electrons. The lowest BCUT2D eigenvalue weighted by Gasteiger charge is -2.10. The summed E-state index contributed by atoms with van der Waals surface area (Å²) in [5.74, 6) is 1.28. The first-order valence-corrected chi connectivity index (χ1v) is 6.83. The van der Waals surface area contributed by atoms with Crippen molar-refractivity contribution in [1.82, 2.24) is 0 Å². The van der Waals surface area contributed by atoms with E-state index in [2.05, 4.69) is 10.5 Å². The van der Waals surface area contributed by atoms with Crippen molar-refractivity contribution in [3.63, 3.8) is 0 Å². The van der Waals surface area contributed by atoms with Crippen molar-refractivity contribution < 1.29 is 14.4 Å². The van der Waals surface area contributed by atoms with Gasteiger partial charge in [-0.05, 0) is 25.1 Å². The van der Waals surface area contributed by atoms with Gasteiger partial charge in [0.05, 0.1) is 24.9 Å². The summed E-state index contributed by atoms with van der Waals surface area (Å²) in [6.07, 6.45) is 0. The normalized spacial score (nSPS) is 11.0. The smallest absolute Gasteiger partial charge is 0.294 e. The Morgan fingerprint density at radius 1 is 1.17 bits per heavy atom. The van der Waals surface area contributed by atoms with Crippen LogP contribution in [0.4, 0.5) is 11.4 Å². The second-order valence-electron chi connectivity index (χ2n) is 4.65. The number of rotatable bonds is 6. The first-order valence-electron chi connectivity index (χ1n) is 6.83. The van der Waals surface area contributed by atoms with Crippen LogP contribution in [0.25, 0.3) is 0 Å². The zero-order valence-corrected chi connectivity index (χ0v) is 13.1. The Kier molecular flexibility index (Phi) is 5.14. The maximum absolute atomic E-state index is 11.0. The predicted octanol–water partition coefficient (Wildman–Crippen LogP) is 3.45. The molecule has 0 amide bonds. The van der Waals surface area contributed by atoms with Crippen molar-refractivity contribution in [3.8, 4) is 11.5 Å². The summed E-state index contributed by atoms with van der Waals surface area (Å²) in [7, 11) is 3.13. The fourth-order valence-corrected chi connectivity index (χ4v) is 2.03. The molecule has 2 aromatic carbocycles. The van der Waals surface area contributed by atoms with Crippen LogP contribution in [-0.2, 0) is 0 Å². The van der Waals surface area contributed by atoms with E-state index in [9.17, 15) is 10.1 Å². The van der Waals surface area contributed by atoms with Gasteiger partial charge in [0.15, 0.2) is 0 Å². The number of nitro groups is 1. The predicted molar refractivity (Wildman–Crippen MR) is 88.5 cm³/mol. The summed E-state index contributed by atoms with van der Waals surface area (Å²) >= 11 is 0. The summed E-state index contributed by atoms with van der Waals surface area (Å²) in [4.78, 5) is 10.5. The van der Waals surface area contributed by atoms with E-state index in [1.807, 2.05) is 6.07 Å². The van der Waals surface area contributed by atoms with Gasteiger partial charge in [-0.25, -0.2) is 0 Å². The molecule has 0 aromatic heterocycles. The van der Waals surface area contributed by atoms with Crippen molar-refractivity contribution in [2.45, 2.75) is 6.92 Å². The molecule has 0 spiro atoms. The summed E-state index contributed by atoms with van der Waals surface area (Å²) in [6, 6.07) is 11.7. The molecule has 0 heterocycles. The summed E-state index contributed by atoms with van der Waals surface area (Å²) in [5, 5.41) is 15.2. The van der Waals surface area contributed by atoms with E-state index in [1.54, 1.807) is 51.5 Å². The Balaban J connectivity index is 2.29. The number of ether oxygens (including phenoxy) is 2. The van der Waals surface area contributed by atoms with Crippen LogP contribution < -0.4 is 14.9 Å². The van der Waals surface area contributed by atoms with Crippen LogP contribution in [-0.4, -0.2) is 24.9 Å². The van der Waals surface area contributed by atoms with E-state index in [1.165, 1.54) is 6.07 Å². The van der Waals surface area contributed by atoms with Gasteiger partial charge in [0.2, 0.25) is 0 Å². The van der Waals surface area contributed by atoms with Crippen molar-refractivity contribution in [2.75, 3.05) is 19.6 Å². The highest BCUT2D eigenvalue weighted by Crippen LogP contribution is 2.26. The maximum atomic E-state index is 11.0. The van der Waals surface area contributed by atoms with E-state index in [-0.39, 0.29) is 5.69 Å². The number of para-hydroxylation sites is 2. The van der Waals surface area contributed by atoms with Crippen LogP contribution in [0.15, 0.2) is 47.6 Å². The van der Waals surface area contributed by atoms with E-state index < -0.39 is 4.92 Å². The topological polar surface area (TPSA) is 86.0 Å². The SMILES string of the molecule is COc1ccc(C(C)=NNc2ccccc2[N+](=O)[O-])c(OC)c1. The third-order valence-electron chi connectivity index (χ3n) is 3.24. The van der Waals surface area contributed by atoms with E-state index in [4.69, 9.17) is 9.47 Å². The first-order chi connectivity index (χ1) is 11.1. The molecule has 0 saturated heterocycles. The Morgan fingerprint density at radius 3 is 2.57 bits per heavy atom. The van der Waals surface area contributed by atoms with Gasteiger partial charge in [-0.3, -0.25) is 15.5 Å². The zero-order chi connectivity index (χ0) is 16.8. The van der Waals surface area contributed by atoms with E-state index in [0.717, 1.165) is 5.56 Å². The van der Waals surface area contributed by atoms with E-state index >= 15 is 0 Å². The minimum absolute atomic E-state index is 0.0363. The van der Waals surface area contributed by atoms with Crippen molar-refractivity contribution >= 4 is 17.1 Å². The van der Waals surface area contributed by atoms with Crippen LogP contribution >= 0.6 is 0 Å². The molecule has 2 aromatic rings. The fraction of sp³-hybridized carbons (Fsp3) is 0.188. The third kappa shape index (κ3) is 3.76. The Morgan fingerprint density at radius 2 is 1.91 bits per heavy atom. The quantitative estimate of drug-likeness (QED) is 0.501. The molecular formula is C16H17N3O4. The molecule has 0 saturated carbocycles. The van der Waals surface area contributed by atoms with Crippen LogP contribution in [0.1, 0.15) is 12.5 Å². The Labute approximate surface area is 133 Å². The molecule has 0 atom stereocenters. The standard InChI is InChI=1S/C16H17N3O4/c1-11(13-9-8-12(22-2)10-16(13)23-3)17-18-14-6-4-5-7-15(14)19(20)21/h4-10,18H,1-3H3. The molecule has 23 heavy (non-hydrogen) atoms. The largest absolute Gasteiger partial charge is 0.497 e. The number of benzene rings is 2. The lowest BCUT2D eigenvalue weighted by Crippen LogP contribution is -2.04. The molecule has 2 rings (SSSR count). The highest BCUT2D eigenvalue weighted by molar-refractivity contribution is 6.01. The molecule has 0 aliphatic carbocycles. The van der Waals surface area contributed by atoms with Crippen LogP contribution in [0.3, 0.4) is 0 Å². The third-order valence-corrected chi connectivity index (χ3v) is 3.24. The molecular weight excluding hydrogens is 298 g/mol. The highest BCUT2D eigenvalue weighted by atomic mass is 16.6. The molecule has 0 unspecified atom stereocenters. The molecule has 7 heteroatoms. The monoisotopic (exact) mass is 315 g/mol. The zero-order valence-electron chi connectivity index (χ0n) is 13.1. The molecule has 0 aliphatic heterocycles. The number of hydrazone groups is 1. The van der Waals surface area contributed by atoms with E-state index in [0.29, 0.717) is 22.9 Å². The van der Waals surface area contributed by atoms with Crippen molar-refractivity contribution in [1.29, 1.82) is 0 Å². The lowest BCUT2D eigenvalue weighted by molar-refractivity contribution is -0.384. The number of hydrogen-bond acceptors (Lipinski definition) is 6. The summed E-state index contributed by atoms with van der Waals surface area (Å²) < 4.78 is 10.5. The second kappa shape index (κ2) is 7.26. The molecule has 1 N–H and O–H groups in total. The van der Waals surface area contributed by atoms with Gasteiger partial charge < -0.3 is 9.47 Å². The maximum Gasteiger partial charge on any atom is 0.294 e. The molecule has 0 radical (unpaired) electrons. The summed E-state index contributed by atoms with van der Waals surface area (Å²) in [5.41, 5.74) is 4.41. The number of methoxy groups -OCH3 is 2. The molecule has 0 aliphatic rings. The number of nitro benzene ring substituents is 1. The van der Waals surface area contributed by atoms with Gasteiger partial charge in [0.1, 0.15) is 17.2 Å². The minimum atomic E-state index is -0.457. The van der Waals surface area contributed by atoms with Gasteiger partial charge in [0.25, 0.3) is 5.69 Å². The summed E-state index contributed by atoms with van der Waals surface area (Å²) in [6.45, 7) is 1.78. The van der Waals surface area contributed by atoms with Gasteiger partial charge in [0, 0.05) is 17.7 Å². The minimum Gasteiger partial charge on any atom is -0.497 e. The Hall–Kier alpha value is -3.09. The number of anilines is 1. The number of nitrogens with one attached hydrogen (secondary N) is 1. The second-order valence-corrected chi connectivity index (χ2v) is 4.65. The average Bonchev–Trinajstić information content (AvgIpc) is 2.59. The highest BCUT2D eigenvalue weighted by Gasteiger charge is 2.12. The molecule has 7 nitrogen and oxygen atoms in total. The lowest BCUT2D eigenvalue weighted by atomic mass is 10.1. The van der Waals surface area contributed by atoms with Gasteiger partial charge in [-0.15, -0.1) is 0 Å². The Bertz CT molecular complexity index is 744. The van der Waals surface area contributed by atoms with Crippen molar-refractivity contribution in [2.24, 2.45) is 5.10 Å². The number of hydrogen-bond donors (Lipinski definition) is 1. The van der Waals surface area contributed by atoms with Crippen LogP contribution in [0.5, 0.6) is 11.5 Å². The van der Waals surface area contributed by atoms with Crippen molar-refractivity contribution in [3.05, 3.63) is 58.1 Å². The van der Waals surface area contributed by atoms with Crippen LogP contribution in [0, 0.1) is 10.1 Å². The average molecular weight is 315 g/mol. The number of nitrogens with zero attached hydrogens (tertiary/aromatic N) is 2. The fourth-order valence-electron chi connectivity index (χ4n) is 2.03. The van der Waals surface area contributed by atoms with Crippen LogP contribution in [0.2, 0.25) is 0 Å². The van der Waals surface area contributed by atoms with Gasteiger partial charge in [-0.1, -0.05) is 12.1 Å². The molecule has 0 bridgehead atoms. The first kappa shape index (κ1) is 16.3.